The van der Waals surface area contributed by atoms with Crippen molar-refractivity contribution in [3.63, 3.8) is 0 Å². The first kappa shape index (κ1) is 20.0. The topological polar surface area (TPSA) is 53.5 Å². The van der Waals surface area contributed by atoms with E-state index in [1.165, 1.54) is 12.1 Å². The number of hydrogen-bond donors (Lipinski definition) is 2. The highest BCUT2D eigenvalue weighted by Gasteiger charge is 2.13. The molecule has 0 heterocycles. The average molecular weight is 379 g/mol. The monoisotopic (exact) mass is 379 g/mol. The van der Waals surface area contributed by atoms with Crippen LogP contribution in [0.4, 0.5) is 8.78 Å². The molecule has 0 aliphatic rings. The van der Waals surface area contributed by atoms with Crippen LogP contribution in [0.5, 0.6) is 0 Å². The van der Waals surface area contributed by atoms with Crippen LogP contribution >= 0.6 is 0 Å². The molecule has 2 N–H and O–H groups in total. The summed E-state index contributed by atoms with van der Waals surface area (Å²) < 4.78 is 39.0. The van der Waals surface area contributed by atoms with Crippen molar-refractivity contribution < 1.29 is 13.0 Å². The van der Waals surface area contributed by atoms with E-state index in [2.05, 4.69) is 15.6 Å². The minimum absolute atomic E-state index is 0.349. The van der Waals surface area contributed by atoms with E-state index in [0.717, 1.165) is 11.6 Å². The first-order valence-electron chi connectivity index (χ1n) is 8.30. The van der Waals surface area contributed by atoms with E-state index < -0.39 is 28.5 Å². The summed E-state index contributed by atoms with van der Waals surface area (Å²) in [6.45, 7) is 2.23. The van der Waals surface area contributed by atoms with Gasteiger partial charge in [-0.1, -0.05) is 36.4 Å². The van der Waals surface area contributed by atoms with E-state index in [1.54, 1.807) is 14.0 Å². The molecule has 2 atom stereocenters. The number of aliphatic imine (C=N–C) groups is 1. The molecule has 4 nitrogen and oxygen atoms in total. The highest BCUT2D eigenvalue weighted by molar-refractivity contribution is 7.84. The van der Waals surface area contributed by atoms with E-state index in [1.807, 2.05) is 30.3 Å². The first-order chi connectivity index (χ1) is 12.5. The molecule has 0 aliphatic heterocycles. The van der Waals surface area contributed by atoms with Crippen molar-refractivity contribution in [1.29, 1.82) is 0 Å². The van der Waals surface area contributed by atoms with Gasteiger partial charge in [0.25, 0.3) is 0 Å². The number of nitrogens with zero attached hydrogens (tertiary/aromatic N) is 1. The summed E-state index contributed by atoms with van der Waals surface area (Å²) in [6, 6.07) is 12.8. The zero-order valence-corrected chi connectivity index (χ0v) is 15.7. The summed E-state index contributed by atoms with van der Waals surface area (Å²) in [6.07, 6.45) is 0. The Morgan fingerprint density at radius 1 is 1.19 bits per heavy atom. The number of rotatable bonds is 7. The predicted octanol–water partition coefficient (Wildman–Crippen LogP) is 3.14. The molecule has 0 amide bonds. The number of guanidine groups is 1. The van der Waals surface area contributed by atoms with Crippen LogP contribution in [-0.4, -0.2) is 29.5 Å². The molecule has 7 heteroatoms. The SMILES string of the molecule is CN=C(NCCS(=O)Cc1ccccc1)NC(C)c1ccc(F)cc1F. The molecule has 0 saturated heterocycles. The quantitative estimate of drug-likeness (QED) is 0.574. The van der Waals surface area contributed by atoms with Crippen molar-refractivity contribution in [3.8, 4) is 0 Å². The van der Waals surface area contributed by atoms with Gasteiger partial charge in [-0.25, -0.2) is 8.78 Å². The van der Waals surface area contributed by atoms with Crippen molar-refractivity contribution in [2.75, 3.05) is 19.3 Å². The molecule has 0 aliphatic carbocycles. The van der Waals surface area contributed by atoms with Crippen LogP contribution in [0, 0.1) is 11.6 Å². The number of hydrogen-bond acceptors (Lipinski definition) is 2. The van der Waals surface area contributed by atoms with E-state index in [0.29, 0.717) is 29.6 Å². The number of halogens is 2. The summed E-state index contributed by atoms with van der Waals surface area (Å²) in [4.78, 5) is 4.08. The summed E-state index contributed by atoms with van der Waals surface area (Å²) in [5, 5.41) is 6.11. The Bertz CT molecular complexity index is 769. The molecule has 0 spiro atoms. The molecule has 2 aromatic carbocycles. The average Bonchev–Trinajstić information content (AvgIpc) is 2.61. The molecule has 0 radical (unpaired) electrons. The van der Waals surface area contributed by atoms with Crippen LogP contribution < -0.4 is 10.6 Å². The Kier molecular flexibility index (Phi) is 7.72. The van der Waals surface area contributed by atoms with Crippen molar-refractivity contribution >= 4 is 16.8 Å². The van der Waals surface area contributed by atoms with E-state index in [9.17, 15) is 13.0 Å². The van der Waals surface area contributed by atoms with Crippen molar-refractivity contribution in [1.82, 2.24) is 10.6 Å². The summed E-state index contributed by atoms with van der Waals surface area (Å²) in [7, 11) is 0.610. The second kappa shape index (κ2) is 10.0. The maximum atomic E-state index is 13.8. The first-order valence-corrected chi connectivity index (χ1v) is 9.79. The Balaban J connectivity index is 1.81. The lowest BCUT2D eigenvalue weighted by atomic mass is 10.1. The van der Waals surface area contributed by atoms with Crippen molar-refractivity contribution in [2.24, 2.45) is 4.99 Å². The van der Waals surface area contributed by atoms with E-state index in [4.69, 9.17) is 0 Å². The van der Waals surface area contributed by atoms with Gasteiger partial charge in [0.05, 0.1) is 6.04 Å². The van der Waals surface area contributed by atoms with Crippen LogP contribution in [0.2, 0.25) is 0 Å². The number of nitrogens with one attached hydrogen (secondary N) is 2. The van der Waals surface area contributed by atoms with Gasteiger partial charge in [0.2, 0.25) is 0 Å². The van der Waals surface area contributed by atoms with Gasteiger partial charge in [-0.15, -0.1) is 0 Å². The zero-order chi connectivity index (χ0) is 18.9. The molecule has 0 bridgehead atoms. The summed E-state index contributed by atoms with van der Waals surface area (Å²) in [5.41, 5.74) is 1.38. The second-order valence-corrected chi connectivity index (χ2v) is 7.38. The van der Waals surface area contributed by atoms with Crippen LogP contribution in [0.3, 0.4) is 0 Å². The molecule has 0 aromatic heterocycles. The molecule has 2 rings (SSSR count). The lowest BCUT2D eigenvalue weighted by molar-refractivity contribution is 0.551. The van der Waals surface area contributed by atoms with Crippen LogP contribution in [-0.2, 0) is 16.6 Å². The Labute approximate surface area is 155 Å². The maximum Gasteiger partial charge on any atom is 0.191 e. The van der Waals surface area contributed by atoms with Crippen LogP contribution in [0.25, 0.3) is 0 Å². The summed E-state index contributed by atoms with van der Waals surface area (Å²) >= 11 is 0. The minimum atomic E-state index is -0.991. The van der Waals surface area contributed by atoms with Gasteiger partial charge < -0.3 is 10.6 Å². The molecule has 26 heavy (non-hydrogen) atoms. The molecular formula is C19H23F2N3OS. The van der Waals surface area contributed by atoms with Crippen LogP contribution in [0.15, 0.2) is 53.5 Å². The van der Waals surface area contributed by atoms with Gasteiger partial charge in [0, 0.05) is 47.5 Å². The molecule has 0 saturated carbocycles. The Hall–Kier alpha value is -2.28. The van der Waals surface area contributed by atoms with Gasteiger partial charge in [-0.3, -0.25) is 9.20 Å². The normalized spacial score (nSPS) is 13.9. The second-order valence-electron chi connectivity index (χ2n) is 5.80. The fourth-order valence-corrected chi connectivity index (χ4v) is 3.48. The van der Waals surface area contributed by atoms with Gasteiger partial charge in [0.15, 0.2) is 5.96 Å². The molecular weight excluding hydrogens is 356 g/mol. The van der Waals surface area contributed by atoms with Crippen molar-refractivity contribution in [2.45, 2.75) is 18.7 Å². The standard InChI is InChI=1S/C19H23F2N3OS/c1-14(17-9-8-16(20)12-18(17)21)24-19(22-2)23-10-11-26(25)13-15-6-4-3-5-7-15/h3-9,12,14H,10-11,13H2,1-2H3,(H2,22,23,24). The summed E-state index contributed by atoms with van der Waals surface area (Å²) in [5.74, 6) is 0.227. The fraction of sp³-hybridized carbons (Fsp3) is 0.316. The largest absolute Gasteiger partial charge is 0.355 e. The maximum absolute atomic E-state index is 13.8. The van der Waals surface area contributed by atoms with Gasteiger partial charge in [-0.05, 0) is 18.6 Å². The zero-order valence-electron chi connectivity index (χ0n) is 14.8. The Morgan fingerprint density at radius 3 is 2.58 bits per heavy atom. The van der Waals surface area contributed by atoms with E-state index in [-0.39, 0.29) is 0 Å². The van der Waals surface area contributed by atoms with Gasteiger partial charge in [-0.2, -0.15) is 0 Å². The number of benzene rings is 2. The lowest BCUT2D eigenvalue weighted by Crippen LogP contribution is -2.40. The fourth-order valence-electron chi connectivity index (χ4n) is 2.45. The molecule has 0 fully saturated rings. The third-order valence-electron chi connectivity index (χ3n) is 3.80. The highest BCUT2D eigenvalue weighted by atomic mass is 32.2. The predicted molar refractivity (Wildman–Crippen MR) is 102 cm³/mol. The molecule has 140 valence electrons. The van der Waals surface area contributed by atoms with Crippen LogP contribution in [0.1, 0.15) is 24.1 Å². The van der Waals surface area contributed by atoms with Gasteiger partial charge >= 0.3 is 0 Å². The molecule has 2 aromatic rings. The highest BCUT2D eigenvalue weighted by Crippen LogP contribution is 2.17. The third kappa shape index (κ3) is 6.22. The molecule has 2 unspecified atom stereocenters. The third-order valence-corrected chi connectivity index (χ3v) is 5.11. The minimum Gasteiger partial charge on any atom is -0.355 e. The lowest BCUT2D eigenvalue weighted by Gasteiger charge is -2.18. The van der Waals surface area contributed by atoms with E-state index >= 15 is 0 Å². The Morgan fingerprint density at radius 2 is 1.92 bits per heavy atom. The smallest absolute Gasteiger partial charge is 0.191 e. The van der Waals surface area contributed by atoms with Gasteiger partial charge in [0.1, 0.15) is 11.6 Å². The van der Waals surface area contributed by atoms with Crippen molar-refractivity contribution in [3.05, 3.63) is 71.3 Å².